The molecule has 2 heterocycles. The Kier molecular flexibility index (Phi) is 6.22. The zero-order chi connectivity index (χ0) is 21.8. The fraction of sp³-hybridized carbons (Fsp3) is 0.273. The molecule has 0 aliphatic carbocycles. The highest BCUT2D eigenvalue weighted by Crippen LogP contribution is 2.25. The van der Waals surface area contributed by atoms with Crippen LogP contribution in [0.3, 0.4) is 0 Å². The number of amides is 1. The van der Waals surface area contributed by atoms with Crippen molar-refractivity contribution < 1.29 is 19.1 Å². The summed E-state index contributed by atoms with van der Waals surface area (Å²) in [6, 6.07) is 12.7. The number of hydrogen-bond donors (Lipinski definition) is 1. The van der Waals surface area contributed by atoms with E-state index in [1.807, 2.05) is 41.9 Å². The van der Waals surface area contributed by atoms with E-state index in [0.717, 1.165) is 17.0 Å². The number of thioether (sulfide) groups is 1. The van der Waals surface area contributed by atoms with Crippen LogP contribution < -0.4 is 14.8 Å². The van der Waals surface area contributed by atoms with E-state index in [1.165, 1.54) is 11.8 Å². The van der Waals surface area contributed by atoms with Crippen LogP contribution in [0.5, 0.6) is 11.5 Å². The number of ketones is 1. The number of Topliss-reactive ketones (excluding diaryl/α,β-unsaturated/α-hetero) is 1. The molecule has 1 amide bonds. The van der Waals surface area contributed by atoms with E-state index in [4.69, 9.17) is 9.47 Å². The lowest BCUT2D eigenvalue weighted by atomic mass is 9.99. The van der Waals surface area contributed by atoms with Crippen LogP contribution in [0.1, 0.15) is 28.2 Å². The molecule has 4 rings (SSSR count). The van der Waals surface area contributed by atoms with Gasteiger partial charge in [-0.15, -0.1) is 10.2 Å². The molecule has 160 valence electrons. The molecule has 9 heteroatoms. The van der Waals surface area contributed by atoms with Crippen LogP contribution >= 0.6 is 11.8 Å². The first-order valence-corrected chi connectivity index (χ1v) is 10.8. The van der Waals surface area contributed by atoms with Gasteiger partial charge in [0.2, 0.25) is 5.91 Å². The second kappa shape index (κ2) is 9.22. The highest BCUT2D eigenvalue weighted by atomic mass is 32.2. The number of anilines is 1. The molecule has 3 aromatic rings. The third kappa shape index (κ3) is 4.88. The number of nitrogens with one attached hydrogen (secondary N) is 1. The van der Waals surface area contributed by atoms with Crippen molar-refractivity contribution in [2.24, 2.45) is 7.05 Å². The summed E-state index contributed by atoms with van der Waals surface area (Å²) in [5.41, 5.74) is 2.41. The number of nitrogens with zero attached hydrogens (tertiary/aromatic N) is 3. The summed E-state index contributed by atoms with van der Waals surface area (Å²) in [5.74, 6) is 2.39. The molecule has 0 spiro atoms. The van der Waals surface area contributed by atoms with Crippen molar-refractivity contribution in [3.63, 3.8) is 0 Å². The molecule has 1 aliphatic rings. The van der Waals surface area contributed by atoms with Crippen molar-refractivity contribution in [1.82, 2.24) is 14.8 Å². The minimum Gasteiger partial charge on any atom is -0.497 e. The first-order chi connectivity index (χ1) is 15.0. The summed E-state index contributed by atoms with van der Waals surface area (Å²) in [6.45, 7) is 0.265. The van der Waals surface area contributed by atoms with E-state index in [1.54, 1.807) is 19.2 Å². The Labute approximate surface area is 184 Å². The Morgan fingerprint density at radius 1 is 1.13 bits per heavy atom. The van der Waals surface area contributed by atoms with Crippen molar-refractivity contribution in [3.8, 4) is 11.5 Å². The van der Waals surface area contributed by atoms with Crippen molar-refractivity contribution in [1.29, 1.82) is 0 Å². The third-order valence-electron chi connectivity index (χ3n) is 5.01. The molecule has 1 aliphatic heterocycles. The summed E-state index contributed by atoms with van der Waals surface area (Å²) in [5, 5.41) is 11.8. The van der Waals surface area contributed by atoms with Gasteiger partial charge in [-0.1, -0.05) is 11.8 Å². The van der Waals surface area contributed by atoms with Gasteiger partial charge in [0.15, 0.2) is 16.8 Å². The number of hydrogen-bond acceptors (Lipinski definition) is 7. The summed E-state index contributed by atoms with van der Waals surface area (Å²) in [4.78, 5) is 24.1. The number of rotatable bonds is 8. The van der Waals surface area contributed by atoms with Crippen LogP contribution in [0.25, 0.3) is 0 Å². The molecule has 1 aromatic heterocycles. The monoisotopic (exact) mass is 438 g/mol. The number of carbonyl (C=O) groups is 2. The van der Waals surface area contributed by atoms with Crippen LogP contribution in [-0.4, -0.2) is 39.3 Å². The van der Waals surface area contributed by atoms with Gasteiger partial charge in [0.05, 0.1) is 12.9 Å². The maximum atomic E-state index is 12.6. The first-order valence-electron chi connectivity index (χ1n) is 9.77. The van der Waals surface area contributed by atoms with Crippen LogP contribution in [0.2, 0.25) is 0 Å². The minimum atomic E-state index is 0.00346. The number of fused-ring (bicyclic) bond motifs is 1. The third-order valence-corrected chi connectivity index (χ3v) is 6.03. The molecule has 0 saturated carbocycles. The quantitative estimate of drug-likeness (QED) is 0.426. The molecule has 0 atom stereocenters. The predicted molar refractivity (Wildman–Crippen MR) is 117 cm³/mol. The van der Waals surface area contributed by atoms with E-state index in [-0.39, 0.29) is 24.1 Å². The Morgan fingerprint density at radius 2 is 1.90 bits per heavy atom. The zero-order valence-electron chi connectivity index (χ0n) is 17.3. The average molecular weight is 439 g/mol. The van der Waals surface area contributed by atoms with Crippen LogP contribution in [0.4, 0.5) is 5.69 Å². The summed E-state index contributed by atoms with van der Waals surface area (Å²) in [7, 11) is 3.46. The smallest absolute Gasteiger partial charge is 0.224 e. The van der Waals surface area contributed by atoms with Crippen molar-refractivity contribution in [3.05, 3.63) is 59.4 Å². The van der Waals surface area contributed by atoms with Gasteiger partial charge in [0, 0.05) is 24.7 Å². The molecular formula is C22H22N4O4S. The van der Waals surface area contributed by atoms with Crippen molar-refractivity contribution in [2.45, 2.75) is 24.6 Å². The Balaban J connectivity index is 1.34. The molecule has 2 aromatic carbocycles. The first kappa shape index (κ1) is 20.9. The standard InChI is InChI=1S/C22H22N4O4S/c1-26-20(12-30-17-7-5-16(29-2)6-8-17)24-25-22(26)31-13-19(27)15-3-9-18-14(11-15)4-10-21(28)23-18/h3,5-9,11H,4,10,12-13H2,1-2H3,(H,23,28). The maximum absolute atomic E-state index is 12.6. The van der Waals surface area contributed by atoms with E-state index < -0.39 is 0 Å². The number of benzene rings is 2. The summed E-state index contributed by atoms with van der Waals surface area (Å²) < 4.78 is 12.7. The van der Waals surface area contributed by atoms with Gasteiger partial charge >= 0.3 is 0 Å². The van der Waals surface area contributed by atoms with Crippen molar-refractivity contribution >= 4 is 29.1 Å². The average Bonchev–Trinajstić information content (AvgIpc) is 3.15. The fourth-order valence-electron chi connectivity index (χ4n) is 3.19. The normalized spacial score (nSPS) is 12.8. The van der Waals surface area contributed by atoms with Gasteiger partial charge in [-0.3, -0.25) is 9.59 Å². The fourth-order valence-corrected chi connectivity index (χ4v) is 4.01. The molecule has 31 heavy (non-hydrogen) atoms. The minimum absolute atomic E-state index is 0.00346. The predicted octanol–water partition coefficient (Wildman–Crippen LogP) is 3.26. The lowest BCUT2D eigenvalue weighted by Crippen LogP contribution is -2.19. The molecule has 0 unspecified atom stereocenters. The SMILES string of the molecule is COc1ccc(OCc2nnc(SCC(=O)c3ccc4c(c3)CCC(=O)N4)n2C)cc1. The maximum Gasteiger partial charge on any atom is 0.224 e. The van der Waals surface area contributed by atoms with Crippen molar-refractivity contribution in [2.75, 3.05) is 18.2 Å². The van der Waals surface area contributed by atoms with Crippen LogP contribution in [0, 0.1) is 0 Å². The van der Waals surface area contributed by atoms with Crippen LogP contribution in [-0.2, 0) is 24.9 Å². The topological polar surface area (TPSA) is 95.3 Å². The highest BCUT2D eigenvalue weighted by molar-refractivity contribution is 7.99. The van der Waals surface area contributed by atoms with E-state index >= 15 is 0 Å². The van der Waals surface area contributed by atoms with Gasteiger partial charge in [-0.2, -0.15) is 0 Å². The molecule has 0 bridgehead atoms. The van der Waals surface area contributed by atoms with Crippen LogP contribution in [0.15, 0.2) is 47.6 Å². The molecule has 0 fully saturated rings. The number of ether oxygens (including phenoxy) is 2. The van der Waals surface area contributed by atoms with E-state index in [9.17, 15) is 9.59 Å². The van der Waals surface area contributed by atoms with Gasteiger partial charge in [0.25, 0.3) is 0 Å². The lowest BCUT2D eigenvalue weighted by molar-refractivity contribution is -0.116. The largest absolute Gasteiger partial charge is 0.497 e. The number of aromatic nitrogens is 3. The Bertz CT molecular complexity index is 1110. The summed E-state index contributed by atoms with van der Waals surface area (Å²) >= 11 is 1.33. The zero-order valence-corrected chi connectivity index (χ0v) is 18.1. The number of carbonyl (C=O) groups excluding carboxylic acids is 2. The molecule has 0 radical (unpaired) electrons. The van der Waals surface area contributed by atoms with Gasteiger partial charge in [-0.25, -0.2) is 0 Å². The number of methoxy groups -OCH3 is 1. The Hall–Kier alpha value is -3.33. The second-order valence-corrected chi connectivity index (χ2v) is 8.00. The second-order valence-electron chi connectivity index (χ2n) is 7.05. The van der Waals surface area contributed by atoms with Gasteiger partial charge in [0.1, 0.15) is 18.1 Å². The lowest BCUT2D eigenvalue weighted by Gasteiger charge is -2.17. The molecule has 0 saturated heterocycles. The van der Waals surface area contributed by atoms with Gasteiger partial charge < -0.3 is 19.4 Å². The Morgan fingerprint density at radius 3 is 2.68 bits per heavy atom. The van der Waals surface area contributed by atoms with E-state index in [0.29, 0.717) is 35.1 Å². The number of aryl methyl sites for hydroxylation is 1. The molecule has 1 N–H and O–H groups in total. The van der Waals surface area contributed by atoms with Gasteiger partial charge in [-0.05, 0) is 54.4 Å². The highest BCUT2D eigenvalue weighted by Gasteiger charge is 2.18. The molecular weight excluding hydrogens is 416 g/mol. The summed E-state index contributed by atoms with van der Waals surface area (Å²) in [6.07, 6.45) is 1.09. The van der Waals surface area contributed by atoms with E-state index in [2.05, 4.69) is 15.5 Å². The molecule has 8 nitrogen and oxygen atoms in total.